The fourth-order valence-electron chi connectivity index (χ4n) is 3.67. The number of nitrogens with one attached hydrogen (secondary N) is 2. The number of carbonyl (C=O) groups excluding carboxylic acids is 1. The number of ether oxygens (including phenoxy) is 1. The van der Waals surface area contributed by atoms with Gasteiger partial charge in [0.15, 0.2) is 0 Å². The van der Waals surface area contributed by atoms with Crippen molar-refractivity contribution in [2.45, 2.75) is 12.5 Å². The number of rotatable bonds is 8. The van der Waals surface area contributed by atoms with E-state index in [-0.39, 0.29) is 12.5 Å². The fraction of sp³-hybridized carbons (Fsp3) is 0.280. The van der Waals surface area contributed by atoms with Crippen molar-refractivity contribution < 1.29 is 9.53 Å². The van der Waals surface area contributed by atoms with Crippen LogP contribution in [0.4, 0.5) is 17.2 Å². The van der Waals surface area contributed by atoms with Crippen molar-refractivity contribution in [2.24, 2.45) is 0 Å². The monoisotopic (exact) mass is 431 g/mol. The van der Waals surface area contributed by atoms with Gasteiger partial charge in [0, 0.05) is 24.8 Å². The predicted octanol–water partition coefficient (Wildman–Crippen LogP) is 4.06. The summed E-state index contributed by atoms with van der Waals surface area (Å²) >= 11 is 0. The van der Waals surface area contributed by atoms with Gasteiger partial charge in [0.05, 0.1) is 18.4 Å². The second-order valence-corrected chi connectivity index (χ2v) is 8.10. The highest BCUT2D eigenvalue weighted by atomic mass is 16.5. The summed E-state index contributed by atoms with van der Waals surface area (Å²) in [6, 6.07) is 21.6. The number of likely N-dealkylation sites (N-methyl/N-ethyl adjacent to an activating group) is 1. The molecule has 1 atom stereocenters. The summed E-state index contributed by atoms with van der Waals surface area (Å²) in [5, 5.41) is 6.01. The topological polar surface area (TPSA) is 69.7 Å². The van der Waals surface area contributed by atoms with E-state index in [2.05, 4.69) is 39.5 Å². The third-order valence-corrected chi connectivity index (χ3v) is 5.54. The van der Waals surface area contributed by atoms with Crippen molar-refractivity contribution in [3.63, 3.8) is 0 Å². The smallest absolute Gasteiger partial charge is 0.243 e. The average Bonchev–Trinajstić information content (AvgIpc) is 3.31. The molecule has 0 aliphatic carbocycles. The lowest BCUT2D eigenvalue weighted by Gasteiger charge is -2.21. The third-order valence-electron chi connectivity index (χ3n) is 5.54. The van der Waals surface area contributed by atoms with E-state index in [1.54, 1.807) is 6.20 Å². The van der Waals surface area contributed by atoms with Gasteiger partial charge >= 0.3 is 0 Å². The molecule has 2 aromatic carbocycles. The molecule has 1 saturated heterocycles. The van der Waals surface area contributed by atoms with Gasteiger partial charge in [-0.05, 0) is 69.0 Å². The molecule has 32 heavy (non-hydrogen) atoms. The van der Waals surface area contributed by atoms with Crippen molar-refractivity contribution in [3.05, 3.63) is 72.9 Å². The highest BCUT2D eigenvalue weighted by Crippen LogP contribution is 2.23. The number of para-hydroxylation sites is 1. The first-order chi connectivity index (χ1) is 15.6. The van der Waals surface area contributed by atoms with Crippen molar-refractivity contribution in [2.75, 3.05) is 49.3 Å². The van der Waals surface area contributed by atoms with E-state index >= 15 is 0 Å². The lowest BCUT2D eigenvalue weighted by molar-refractivity contribution is -0.114. The zero-order chi connectivity index (χ0) is 22.3. The summed E-state index contributed by atoms with van der Waals surface area (Å²) in [4.78, 5) is 21.4. The molecule has 1 amide bonds. The minimum absolute atomic E-state index is 0.127. The molecule has 1 aliphatic rings. The van der Waals surface area contributed by atoms with E-state index in [1.165, 1.54) is 0 Å². The number of hydrogen-bond acceptors (Lipinski definition) is 6. The molecular formula is C25H29N5O2. The Morgan fingerprint density at radius 3 is 2.41 bits per heavy atom. The zero-order valence-electron chi connectivity index (χ0n) is 18.5. The van der Waals surface area contributed by atoms with Gasteiger partial charge in [-0.3, -0.25) is 4.79 Å². The average molecular weight is 432 g/mol. The van der Waals surface area contributed by atoms with Crippen molar-refractivity contribution in [3.8, 4) is 11.5 Å². The molecule has 0 radical (unpaired) electrons. The second kappa shape index (κ2) is 10.2. The summed E-state index contributed by atoms with van der Waals surface area (Å²) in [5.74, 6) is 2.35. The van der Waals surface area contributed by atoms with Crippen LogP contribution in [0.15, 0.2) is 72.9 Å². The van der Waals surface area contributed by atoms with Gasteiger partial charge in [0.1, 0.15) is 17.3 Å². The minimum atomic E-state index is -0.127. The van der Waals surface area contributed by atoms with E-state index in [0.717, 1.165) is 42.5 Å². The number of aromatic nitrogens is 1. The van der Waals surface area contributed by atoms with Gasteiger partial charge < -0.3 is 25.2 Å². The summed E-state index contributed by atoms with van der Waals surface area (Å²) in [7, 11) is 4.22. The number of anilines is 3. The molecule has 0 saturated carbocycles. The van der Waals surface area contributed by atoms with Crippen molar-refractivity contribution in [1.82, 2.24) is 9.88 Å². The molecule has 1 aliphatic heterocycles. The molecular weight excluding hydrogens is 402 g/mol. The number of nitrogens with zero attached hydrogens (tertiary/aromatic N) is 3. The first-order valence-corrected chi connectivity index (χ1v) is 10.8. The Balaban J connectivity index is 1.23. The van der Waals surface area contributed by atoms with E-state index in [9.17, 15) is 4.79 Å². The Kier molecular flexibility index (Phi) is 6.87. The van der Waals surface area contributed by atoms with Crippen LogP contribution in [-0.4, -0.2) is 55.6 Å². The molecule has 2 N–H and O–H groups in total. The van der Waals surface area contributed by atoms with Crippen LogP contribution in [0.1, 0.15) is 6.42 Å². The van der Waals surface area contributed by atoms with Gasteiger partial charge in [-0.15, -0.1) is 0 Å². The Labute approximate surface area is 189 Å². The van der Waals surface area contributed by atoms with E-state index in [0.29, 0.717) is 11.7 Å². The SMILES string of the molecule is CN(C)C1CCN(c2ccc(NC(=O)CNc3ccc(Oc4ccccc4)cc3)cn2)C1. The van der Waals surface area contributed by atoms with Crippen LogP contribution in [0.25, 0.3) is 0 Å². The molecule has 166 valence electrons. The van der Waals surface area contributed by atoms with E-state index < -0.39 is 0 Å². The van der Waals surface area contributed by atoms with Crippen LogP contribution in [0.2, 0.25) is 0 Å². The van der Waals surface area contributed by atoms with Crippen LogP contribution in [0.3, 0.4) is 0 Å². The number of pyridine rings is 1. The molecule has 0 spiro atoms. The standard InChI is InChI=1S/C25H29N5O2/c1-29(2)21-14-15-30(18-21)24-13-10-20(16-27-24)28-25(31)17-26-19-8-11-23(12-9-19)32-22-6-4-3-5-7-22/h3-13,16,21,26H,14-15,17-18H2,1-2H3,(H,28,31). The molecule has 1 aromatic heterocycles. The highest BCUT2D eigenvalue weighted by molar-refractivity contribution is 5.93. The lowest BCUT2D eigenvalue weighted by Crippen LogP contribution is -2.31. The maximum absolute atomic E-state index is 12.3. The number of benzene rings is 2. The number of carbonyl (C=O) groups is 1. The number of amides is 1. The molecule has 7 heteroatoms. The first-order valence-electron chi connectivity index (χ1n) is 10.8. The van der Waals surface area contributed by atoms with Crippen molar-refractivity contribution in [1.29, 1.82) is 0 Å². The van der Waals surface area contributed by atoms with Crippen molar-refractivity contribution >= 4 is 23.1 Å². The Morgan fingerprint density at radius 2 is 1.75 bits per heavy atom. The Morgan fingerprint density at radius 1 is 1.03 bits per heavy atom. The van der Waals surface area contributed by atoms with E-state index in [4.69, 9.17) is 4.74 Å². The van der Waals surface area contributed by atoms with Gasteiger partial charge in [-0.25, -0.2) is 4.98 Å². The largest absolute Gasteiger partial charge is 0.457 e. The van der Waals surface area contributed by atoms with Crippen LogP contribution in [0, 0.1) is 0 Å². The predicted molar refractivity (Wildman–Crippen MR) is 129 cm³/mol. The Bertz CT molecular complexity index is 1010. The van der Waals surface area contributed by atoms with Crippen LogP contribution >= 0.6 is 0 Å². The summed E-state index contributed by atoms with van der Waals surface area (Å²) in [5.41, 5.74) is 1.54. The van der Waals surface area contributed by atoms with E-state index in [1.807, 2.05) is 66.7 Å². The number of hydrogen-bond donors (Lipinski definition) is 2. The molecule has 7 nitrogen and oxygen atoms in total. The zero-order valence-corrected chi connectivity index (χ0v) is 18.5. The van der Waals surface area contributed by atoms with Gasteiger partial charge in [-0.2, -0.15) is 0 Å². The minimum Gasteiger partial charge on any atom is -0.457 e. The molecule has 1 fully saturated rings. The van der Waals surface area contributed by atoms with Crippen LogP contribution in [0.5, 0.6) is 11.5 Å². The van der Waals surface area contributed by atoms with Gasteiger partial charge in [0.25, 0.3) is 0 Å². The normalized spacial score (nSPS) is 15.6. The third kappa shape index (κ3) is 5.76. The molecule has 0 bridgehead atoms. The fourth-order valence-corrected chi connectivity index (χ4v) is 3.67. The molecule has 2 heterocycles. The Hall–Kier alpha value is -3.58. The van der Waals surface area contributed by atoms with Crippen LogP contribution < -0.4 is 20.3 Å². The quantitative estimate of drug-likeness (QED) is 0.561. The molecule has 1 unspecified atom stereocenters. The summed E-state index contributed by atoms with van der Waals surface area (Å²) in [6.45, 7) is 2.14. The highest BCUT2D eigenvalue weighted by Gasteiger charge is 2.24. The summed E-state index contributed by atoms with van der Waals surface area (Å²) in [6.07, 6.45) is 2.85. The molecule has 4 rings (SSSR count). The maximum Gasteiger partial charge on any atom is 0.243 e. The maximum atomic E-state index is 12.3. The van der Waals surface area contributed by atoms with Gasteiger partial charge in [0.2, 0.25) is 5.91 Å². The second-order valence-electron chi connectivity index (χ2n) is 8.10. The molecule has 3 aromatic rings. The first kappa shape index (κ1) is 21.6. The van der Waals surface area contributed by atoms with Gasteiger partial charge in [-0.1, -0.05) is 18.2 Å². The summed E-state index contributed by atoms with van der Waals surface area (Å²) < 4.78 is 5.78. The lowest BCUT2D eigenvalue weighted by atomic mass is 10.2. The van der Waals surface area contributed by atoms with Crippen LogP contribution in [-0.2, 0) is 4.79 Å².